The first-order valence-electron chi connectivity index (χ1n) is 11.6. The summed E-state index contributed by atoms with van der Waals surface area (Å²) in [6.07, 6.45) is 8.77. The van der Waals surface area contributed by atoms with Crippen molar-refractivity contribution >= 4 is 11.8 Å². The molecule has 6 nitrogen and oxygen atoms in total. The molecular formula is C26H30FN3O3. The summed E-state index contributed by atoms with van der Waals surface area (Å²) in [7, 11) is 0. The maximum Gasteiger partial charge on any atom is 0.317 e. The van der Waals surface area contributed by atoms with Crippen molar-refractivity contribution < 1.29 is 18.7 Å². The Kier molecular flexibility index (Phi) is 6.38. The summed E-state index contributed by atoms with van der Waals surface area (Å²) < 4.78 is 20.9. The number of halogens is 1. The second-order valence-electron chi connectivity index (χ2n) is 9.96. The number of carbonyl (C=O) groups is 2. The van der Waals surface area contributed by atoms with Gasteiger partial charge in [-0.15, -0.1) is 0 Å². The number of aromatic amines is 1. The molecule has 0 bridgehead atoms. The summed E-state index contributed by atoms with van der Waals surface area (Å²) in [6, 6.07) is 4.98. The maximum absolute atomic E-state index is 14.8. The molecule has 2 aliphatic rings. The number of aryl methyl sites for hydroxylation is 1. The fourth-order valence-electron chi connectivity index (χ4n) is 5.33. The lowest BCUT2D eigenvalue weighted by molar-refractivity contribution is -0.185. The van der Waals surface area contributed by atoms with Crippen molar-refractivity contribution in [1.82, 2.24) is 10.2 Å². The highest BCUT2D eigenvalue weighted by Gasteiger charge is 2.51. The predicted molar refractivity (Wildman–Crippen MR) is 121 cm³/mol. The second-order valence-corrected chi connectivity index (χ2v) is 9.96. The number of hydrogen-bond donors (Lipinski definition) is 1. The lowest BCUT2D eigenvalue weighted by atomic mass is 9.73. The van der Waals surface area contributed by atoms with Crippen LogP contribution < -0.4 is 0 Å². The van der Waals surface area contributed by atoms with E-state index in [9.17, 15) is 14.0 Å². The molecule has 0 radical (unpaired) electrons. The molecule has 4 rings (SSSR count). The van der Waals surface area contributed by atoms with E-state index < -0.39 is 28.8 Å². The summed E-state index contributed by atoms with van der Waals surface area (Å²) >= 11 is 0. The van der Waals surface area contributed by atoms with Crippen LogP contribution in [0.5, 0.6) is 0 Å². The Balaban J connectivity index is 1.53. The zero-order valence-corrected chi connectivity index (χ0v) is 19.2. The number of esters is 1. The van der Waals surface area contributed by atoms with Gasteiger partial charge in [0.15, 0.2) is 5.78 Å². The van der Waals surface area contributed by atoms with Gasteiger partial charge >= 0.3 is 5.97 Å². The van der Waals surface area contributed by atoms with Gasteiger partial charge in [-0.25, -0.2) is 11.0 Å². The Hall–Kier alpha value is -3.01. The van der Waals surface area contributed by atoms with E-state index in [1.54, 1.807) is 32.3 Å². The Morgan fingerprint density at radius 2 is 2.03 bits per heavy atom. The normalized spacial score (nSPS) is 24.0. The van der Waals surface area contributed by atoms with E-state index in [1.807, 2.05) is 6.07 Å². The van der Waals surface area contributed by atoms with E-state index in [-0.39, 0.29) is 18.1 Å². The van der Waals surface area contributed by atoms with E-state index in [2.05, 4.69) is 15.0 Å². The van der Waals surface area contributed by atoms with Gasteiger partial charge in [-0.1, -0.05) is 18.9 Å². The minimum absolute atomic E-state index is 0.0836. The topological polar surface area (TPSA) is 76.4 Å². The SMILES string of the molecule is [C-]#[N+]C(C)(C)c1ccc(CCC2(C3CCCC3)CC(=O)C(Cc3cn[nH]c3)C(=O)O2)cc1F. The molecule has 2 unspecified atom stereocenters. The van der Waals surface area contributed by atoms with E-state index in [0.717, 1.165) is 36.8 Å². The number of ether oxygens (including phenoxy) is 1. The lowest BCUT2D eigenvalue weighted by Crippen LogP contribution is -2.52. The number of nitrogens with zero attached hydrogens (tertiary/aromatic N) is 2. The lowest BCUT2D eigenvalue weighted by Gasteiger charge is -2.43. The molecule has 2 fully saturated rings. The highest BCUT2D eigenvalue weighted by molar-refractivity contribution is 6.01. The fourth-order valence-corrected chi connectivity index (χ4v) is 5.33. The number of benzene rings is 1. The molecular weight excluding hydrogens is 421 g/mol. The first-order chi connectivity index (χ1) is 15.7. The van der Waals surface area contributed by atoms with Crippen molar-refractivity contribution in [2.75, 3.05) is 0 Å². The van der Waals surface area contributed by atoms with Gasteiger partial charge in [-0.3, -0.25) is 14.7 Å². The number of aromatic nitrogens is 2. The molecule has 1 aliphatic heterocycles. The third-order valence-electron chi connectivity index (χ3n) is 7.35. The van der Waals surface area contributed by atoms with Crippen molar-refractivity contribution in [3.05, 3.63) is 64.5 Å². The molecule has 7 heteroatoms. The standard InChI is InChI=1S/C26H30FN3O3/c1-25(2,28-3)21-9-8-17(13-22(21)27)10-11-26(19-6-4-5-7-19)14-23(31)20(24(32)33-26)12-18-15-29-30-16-18/h8-9,13,15-16,19-20H,4-7,10-12,14H2,1-2H3,(H,29,30). The second kappa shape index (κ2) is 9.09. The molecule has 2 heterocycles. The van der Waals surface area contributed by atoms with Crippen molar-refractivity contribution in [3.8, 4) is 0 Å². The van der Waals surface area contributed by atoms with Crippen LogP contribution in [0.3, 0.4) is 0 Å². The fraction of sp³-hybridized carbons (Fsp3) is 0.538. The number of carbonyl (C=O) groups excluding carboxylic acids is 2. The maximum atomic E-state index is 14.8. The highest BCUT2D eigenvalue weighted by Crippen LogP contribution is 2.45. The largest absolute Gasteiger partial charge is 0.458 e. The zero-order valence-electron chi connectivity index (χ0n) is 19.2. The van der Waals surface area contributed by atoms with E-state index in [0.29, 0.717) is 24.8 Å². The minimum atomic E-state index is -0.928. The molecule has 1 N–H and O–H groups in total. The third-order valence-corrected chi connectivity index (χ3v) is 7.35. The molecule has 1 saturated carbocycles. The van der Waals surface area contributed by atoms with Crippen molar-refractivity contribution in [1.29, 1.82) is 0 Å². The molecule has 1 aliphatic carbocycles. The molecule has 0 spiro atoms. The van der Waals surface area contributed by atoms with Crippen LogP contribution in [-0.4, -0.2) is 27.6 Å². The number of nitrogens with one attached hydrogen (secondary N) is 1. The quantitative estimate of drug-likeness (QED) is 0.368. The summed E-state index contributed by atoms with van der Waals surface area (Å²) in [6.45, 7) is 10.7. The number of hydrogen-bond acceptors (Lipinski definition) is 4. The number of rotatable bonds is 7. The van der Waals surface area contributed by atoms with Crippen molar-refractivity contribution in [3.63, 3.8) is 0 Å². The van der Waals surface area contributed by atoms with E-state index in [4.69, 9.17) is 11.3 Å². The van der Waals surface area contributed by atoms with Gasteiger partial charge in [-0.2, -0.15) is 5.10 Å². The van der Waals surface area contributed by atoms with Crippen LogP contribution in [0, 0.1) is 24.2 Å². The van der Waals surface area contributed by atoms with Crippen LogP contribution in [-0.2, 0) is 32.7 Å². The Morgan fingerprint density at radius 3 is 2.64 bits per heavy atom. The van der Waals surface area contributed by atoms with Crippen LogP contribution in [0.4, 0.5) is 4.39 Å². The molecule has 2 aromatic rings. The first-order valence-corrected chi connectivity index (χ1v) is 11.6. The zero-order chi connectivity index (χ0) is 23.6. The van der Waals surface area contributed by atoms with Crippen LogP contribution in [0.1, 0.15) is 69.1 Å². The van der Waals surface area contributed by atoms with Gasteiger partial charge in [0.25, 0.3) is 5.54 Å². The van der Waals surface area contributed by atoms with Gasteiger partial charge in [0, 0.05) is 26.5 Å². The molecule has 33 heavy (non-hydrogen) atoms. The predicted octanol–water partition coefficient (Wildman–Crippen LogP) is 4.94. The van der Waals surface area contributed by atoms with Gasteiger partial charge in [-0.05, 0) is 61.3 Å². The Morgan fingerprint density at radius 1 is 1.27 bits per heavy atom. The van der Waals surface area contributed by atoms with E-state index in [1.165, 1.54) is 6.07 Å². The van der Waals surface area contributed by atoms with Gasteiger partial charge < -0.3 is 9.58 Å². The van der Waals surface area contributed by atoms with Crippen LogP contribution >= 0.6 is 0 Å². The molecule has 174 valence electrons. The van der Waals surface area contributed by atoms with E-state index >= 15 is 0 Å². The molecule has 1 aromatic heterocycles. The van der Waals surface area contributed by atoms with Gasteiger partial charge in [0.2, 0.25) is 0 Å². The Labute approximate surface area is 193 Å². The van der Waals surface area contributed by atoms with Crippen LogP contribution in [0.15, 0.2) is 30.6 Å². The Bertz CT molecular complexity index is 1050. The van der Waals surface area contributed by atoms with Crippen LogP contribution in [0.2, 0.25) is 0 Å². The number of H-pyrrole nitrogens is 1. The average molecular weight is 452 g/mol. The summed E-state index contributed by atoms with van der Waals surface area (Å²) in [5, 5.41) is 6.60. The van der Waals surface area contributed by atoms with Crippen molar-refractivity contribution in [2.24, 2.45) is 11.8 Å². The summed E-state index contributed by atoms with van der Waals surface area (Å²) in [4.78, 5) is 29.7. The summed E-state index contributed by atoms with van der Waals surface area (Å²) in [5.74, 6) is -1.60. The minimum Gasteiger partial charge on any atom is -0.458 e. The average Bonchev–Trinajstić information content (AvgIpc) is 3.49. The molecule has 1 aromatic carbocycles. The number of cyclic esters (lactones) is 1. The monoisotopic (exact) mass is 451 g/mol. The van der Waals surface area contributed by atoms with Gasteiger partial charge in [0.05, 0.1) is 11.8 Å². The third kappa shape index (κ3) is 4.71. The smallest absolute Gasteiger partial charge is 0.317 e. The number of Topliss-reactive ketones (excluding diaryl/α,β-unsaturated/α-hetero) is 1. The van der Waals surface area contributed by atoms with Crippen molar-refractivity contribution in [2.45, 2.75) is 76.4 Å². The molecule has 1 saturated heterocycles. The molecule has 0 amide bonds. The van der Waals surface area contributed by atoms with Gasteiger partial charge in [0.1, 0.15) is 17.3 Å². The van der Waals surface area contributed by atoms with Crippen LogP contribution in [0.25, 0.3) is 4.85 Å². The number of ketones is 1. The highest BCUT2D eigenvalue weighted by atomic mass is 19.1. The summed E-state index contributed by atoms with van der Waals surface area (Å²) in [5.41, 5.74) is 0.189. The molecule has 2 atom stereocenters. The first kappa shape index (κ1) is 23.2.